The summed E-state index contributed by atoms with van der Waals surface area (Å²) in [4.78, 5) is 16.5. The first kappa shape index (κ1) is 19.4. The van der Waals surface area contributed by atoms with Crippen LogP contribution in [0.15, 0.2) is 52.6 Å². The molecule has 1 aliphatic heterocycles. The van der Waals surface area contributed by atoms with Gasteiger partial charge in [0.1, 0.15) is 0 Å². The fraction of sp³-hybridized carbons (Fsp3) is 0.250. The Morgan fingerprint density at radius 2 is 1.96 bits per heavy atom. The van der Waals surface area contributed by atoms with Gasteiger partial charge in [-0.2, -0.15) is 5.10 Å². The zero-order chi connectivity index (χ0) is 19.6. The molecule has 0 N–H and O–H groups in total. The van der Waals surface area contributed by atoms with Gasteiger partial charge in [0, 0.05) is 5.02 Å². The quantitative estimate of drug-likeness (QED) is 0.506. The van der Waals surface area contributed by atoms with Gasteiger partial charge in [-0.25, -0.2) is 4.79 Å². The molecule has 0 fully saturated rings. The van der Waals surface area contributed by atoms with Crippen LogP contribution in [0, 0.1) is 0 Å². The molecule has 2 aromatic rings. The van der Waals surface area contributed by atoms with E-state index in [2.05, 4.69) is 16.8 Å². The molecule has 0 bridgehead atoms. The van der Waals surface area contributed by atoms with Crippen molar-refractivity contribution >= 4 is 53.0 Å². The Bertz CT molecular complexity index is 897. The number of rotatable bonds is 5. The zero-order valence-electron chi connectivity index (χ0n) is 15.0. The fourth-order valence-corrected chi connectivity index (χ4v) is 3.67. The molecule has 0 radical (unpaired) electrons. The molecular weight excluding hydrogens is 385 g/mol. The molecule has 0 saturated carbocycles. The molecule has 140 valence electrons. The van der Waals surface area contributed by atoms with Gasteiger partial charge in [-0.15, -0.1) is 0 Å². The predicted molar refractivity (Wildman–Crippen MR) is 111 cm³/mol. The Morgan fingerprint density at radius 3 is 2.56 bits per heavy atom. The number of anilines is 1. The van der Waals surface area contributed by atoms with Crippen LogP contribution in [-0.2, 0) is 9.53 Å². The van der Waals surface area contributed by atoms with E-state index in [-0.39, 0.29) is 18.6 Å². The summed E-state index contributed by atoms with van der Waals surface area (Å²) >= 11 is 12.4. The summed E-state index contributed by atoms with van der Waals surface area (Å²) in [7, 11) is 0. The molecule has 2 unspecified atom stereocenters. The van der Waals surface area contributed by atoms with Crippen LogP contribution >= 0.6 is 23.2 Å². The van der Waals surface area contributed by atoms with Gasteiger partial charge in [-0.3, -0.25) is 10.0 Å². The van der Waals surface area contributed by atoms with Gasteiger partial charge < -0.3 is 4.74 Å². The molecule has 0 amide bonds. The number of carbonyl (C=O) groups is 1. The normalized spacial score (nSPS) is 19.0. The number of carbonyl (C=O) groups excluding carboxylic acids is 1. The summed E-state index contributed by atoms with van der Waals surface area (Å²) in [6, 6.07) is 12.6. The lowest BCUT2D eigenvalue weighted by atomic mass is 9.88. The van der Waals surface area contributed by atoms with Crippen LogP contribution in [0.1, 0.15) is 25.3 Å². The van der Waals surface area contributed by atoms with Crippen molar-refractivity contribution in [3.63, 3.8) is 0 Å². The van der Waals surface area contributed by atoms with Crippen LogP contribution in [0.5, 0.6) is 0 Å². The fourth-order valence-electron chi connectivity index (χ4n) is 3.18. The van der Waals surface area contributed by atoms with Crippen molar-refractivity contribution in [2.24, 2.45) is 10.1 Å². The van der Waals surface area contributed by atoms with Crippen LogP contribution in [0.2, 0.25) is 10.0 Å². The van der Waals surface area contributed by atoms with Gasteiger partial charge in [0.05, 0.1) is 35.0 Å². The number of aliphatic imine (C=N–C) groups is 1. The van der Waals surface area contributed by atoms with Crippen molar-refractivity contribution < 1.29 is 9.53 Å². The second-order valence-electron chi connectivity index (χ2n) is 6.11. The molecule has 0 saturated heterocycles. The highest BCUT2D eigenvalue weighted by atomic mass is 35.5. The first-order valence-corrected chi connectivity index (χ1v) is 9.28. The largest absolute Gasteiger partial charge is 0.461 e. The van der Waals surface area contributed by atoms with E-state index in [4.69, 9.17) is 27.9 Å². The lowest BCUT2D eigenvalue weighted by Gasteiger charge is -2.25. The van der Waals surface area contributed by atoms with Gasteiger partial charge in [0.25, 0.3) is 0 Å². The number of nitrogens with zero attached hydrogens (tertiary/aromatic N) is 3. The number of hydrogen-bond donors (Lipinski definition) is 0. The topological polar surface area (TPSA) is 54.3 Å². The summed E-state index contributed by atoms with van der Waals surface area (Å²) in [5, 5.41) is 7.31. The zero-order valence-corrected chi connectivity index (χ0v) is 16.5. The maximum absolute atomic E-state index is 12.6. The monoisotopic (exact) mass is 403 g/mol. The lowest BCUT2D eigenvalue weighted by Crippen LogP contribution is -2.31. The van der Waals surface area contributed by atoms with Gasteiger partial charge >= 0.3 is 5.97 Å². The number of halogens is 2. The van der Waals surface area contributed by atoms with E-state index < -0.39 is 5.97 Å². The maximum atomic E-state index is 12.6. The van der Waals surface area contributed by atoms with E-state index in [1.165, 1.54) is 0 Å². The van der Waals surface area contributed by atoms with Crippen LogP contribution in [0.25, 0.3) is 0 Å². The number of benzene rings is 2. The molecule has 5 nitrogen and oxygen atoms in total. The third-order valence-corrected chi connectivity index (χ3v) is 4.99. The third-order valence-electron chi connectivity index (χ3n) is 4.45. The van der Waals surface area contributed by atoms with E-state index >= 15 is 0 Å². The first-order chi connectivity index (χ1) is 13.0. The van der Waals surface area contributed by atoms with Crippen molar-refractivity contribution in [1.82, 2.24) is 0 Å². The SMILES string of the molecule is C=Nc1ccc(C2C(C(=O)OCC)=NN(c3ccc(Cl)cc3Cl)C2C)cc1. The van der Waals surface area contributed by atoms with E-state index in [1.807, 2.05) is 31.2 Å². The molecule has 0 spiro atoms. The smallest absolute Gasteiger partial charge is 0.355 e. The molecule has 0 aromatic heterocycles. The minimum atomic E-state index is -0.437. The number of hydrazone groups is 1. The van der Waals surface area contributed by atoms with Gasteiger partial charge in [0.2, 0.25) is 0 Å². The van der Waals surface area contributed by atoms with Crippen LogP contribution in [0.3, 0.4) is 0 Å². The molecule has 0 aliphatic carbocycles. The van der Waals surface area contributed by atoms with E-state index in [0.717, 1.165) is 11.3 Å². The molecular formula is C20H19Cl2N3O2. The number of esters is 1. The summed E-state index contributed by atoms with van der Waals surface area (Å²) < 4.78 is 5.23. The van der Waals surface area contributed by atoms with Crippen LogP contribution in [-0.4, -0.2) is 31.0 Å². The maximum Gasteiger partial charge on any atom is 0.355 e. The molecule has 1 aliphatic rings. The van der Waals surface area contributed by atoms with Crippen LogP contribution < -0.4 is 5.01 Å². The van der Waals surface area contributed by atoms with Crippen molar-refractivity contribution in [3.8, 4) is 0 Å². The standard InChI is InChI=1S/C20H19Cl2N3O2/c1-4-27-20(26)19-18(13-5-8-15(23-3)9-6-13)12(2)25(24-19)17-10-7-14(21)11-16(17)22/h5-12,18H,3-4H2,1-2H3. The first-order valence-electron chi connectivity index (χ1n) is 8.52. The van der Waals surface area contributed by atoms with E-state index in [1.54, 1.807) is 30.1 Å². The molecule has 3 rings (SSSR count). The Kier molecular flexibility index (Phi) is 5.82. The van der Waals surface area contributed by atoms with Gasteiger partial charge in [0.15, 0.2) is 5.71 Å². The molecule has 7 heteroatoms. The highest BCUT2D eigenvalue weighted by Gasteiger charge is 2.40. The molecule has 1 heterocycles. The minimum absolute atomic E-state index is 0.148. The van der Waals surface area contributed by atoms with Gasteiger partial charge in [-0.05, 0) is 56.5 Å². The Hall–Kier alpha value is -2.37. The second-order valence-corrected chi connectivity index (χ2v) is 6.96. The summed E-state index contributed by atoms with van der Waals surface area (Å²) in [6.07, 6.45) is 0. The number of ether oxygens (including phenoxy) is 1. The van der Waals surface area contributed by atoms with Crippen LogP contribution in [0.4, 0.5) is 11.4 Å². The Labute approximate surface area is 168 Å². The van der Waals surface area contributed by atoms with Crippen molar-refractivity contribution in [2.75, 3.05) is 11.6 Å². The Balaban J connectivity index is 2.04. The molecule has 2 aromatic carbocycles. The molecule has 27 heavy (non-hydrogen) atoms. The summed E-state index contributed by atoms with van der Waals surface area (Å²) in [5.74, 6) is -0.706. The Morgan fingerprint density at radius 1 is 1.26 bits per heavy atom. The lowest BCUT2D eigenvalue weighted by molar-refractivity contribution is -0.135. The number of hydrogen-bond acceptors (Lipinski definition) is 5. The molecule has 2 atom stereocenters. The van der Waals surface area contributed by atoms with Crippen molar-refractivity contribution in [1.29, 1.82) is 0 Å². The highest BCUT2D eigenvalue weighted by molar-refractivity contribution is 6.40. The summed E-state index contributed by atoms with van der Waals surface area (Å²) in [5.41, 5.74) is 2.72. The average molecular weight is 404 g/mol. The van der Waals surface area contributed by atoms with E-state index in [0.29, 0.717) is 21.4 Å². The predicted octanol–water partition coefficient (Wildman–Crippen LogP) is 5.24. The van der Waals surface area contributed by atoms with E-state index in [9.17, 15) is 4.79 Å². The van der Waals surface area contributed by atoms with Gasteiger partial charge in [-0.1, -0.05) is 35.3 Å². The van der Waals surface area contributed by atoms with Crippen molar-refractivity contribution in [3.05, 3.63) is 58.1 Å². The third kappa shape index (κ3) is 3.84. The average Bonchev–Trinajstić information content (AvgIpc) is 2.99. The summed E-state index contributed by atoms with van der Waals surface area (Å²) in [6.45, 7) is 7.56. The second kappa shape index (κ2) is 8.11. The van der Waals surface area contributed by atoms with Crippen molar-refractivity contribution in [2.45, 2.75) is 25.8 Å². The minimum Gasteiger partial charge on any atom is -0.461 e. The highest BCUT2D eigenvalue weighted by Crippen LogP contribution is 2.39.